The van der Waals surface area contributed by atoms with Crippen LogP contribution in [-0.4, -0.2) is 19.1 Å². The molecule has 4 atom stereocenters. The summed E-state index contributed by atoms with van der Waals surface area (Å²) in [5.41, 5.74) is 5.94. The molecule has 0 spiro atoms. The fraction of sp³-hybridized carbons (Fsp3) is 0.889. The first kappa shape index (κ1) is 8.05. The Morgan fingerprint density at radius 3 is 2.58 bits per heavy atom. The molecular formula is C9H15NO2. The second kappa shape index (κ2) is 2.73. The lowest BCUT2D eigenvalue weighted by atomic mass is 9.85. The Labute approximate surface area is 72.3 Å². The van der Waals surface area contributed by atoms with Crippen molar-refractivity contribution < 1.29 is 9.53 Å². The van der Waals surface area contributed by atoms with E-state index in [0.29, 0.717) is 11.8 Å². The molecular weight excluding hydrogens is 154 g/mol. The highest BCUT2D eigenvalue weighted by Crippen LogP contribution is 2.47. The summed E-state index contributed by atoms with van der Waals surface area (Å²) in [4.78, 5) is 11.3. The minimum atomic E-state index is -0.102. The van der Waals surface area contributed by atoms with E-state index < -0.39 is 0 Å². The molecule has 0 aliphatic heterocycles. The number of nitrogens with two attached hydrogens (primary N) is 1. The summed E-state index contributed by atoms with van der Waals surface area (Å²) in [6.07, 6.45) is 3.51. The number of esters is 1. The van der Waals surface area contributed by atoms with Gasteiger partial charge < -0.3 is 10.5 Å². The SMILES string of the molecule is COC(=O)[C@@H]1[C@H]2CC[C@H](C2)[C@@H]1N. The normalized spacial score (nSPS) is 44.8. The van der Waals surface area contributed by atoms with Gasteiger partial charge in [0.25, 0.3) is 0 Å². The number of methoxy groups -OCH3 is 1. The smallest absolute Gasteiger partial charge is 0.310 e. The third-order valence-corrected chi connectivity index (χ3v) is 3.45. The molecule has 2 aliphatic carbocycles. The topological polar surface area (TPSA) is 52.3 Å². The van der Waals surface area contributed by atoms with Gasteiger partial charge in [-0.05, 0) is 31.1 Å². The molecule has 68 valence electrons. The number of carbonyl (C=O) groups excluding carboxylic acids is 1. The highest BCUT2D eigenvalue weighted by molar-refractivity contribution is 5.74. The van der Waals surface area contributed by atoms with Crippen LogP contribution in [-0.2, 0) is 9.53 Å². The third-order valence-electron chi connectivity index (χ3n) is 3.45. The van der Waals surface area contributed by atoms with Crippen molar-refractivity contribution in [1.29, 1.82) is 0 Å². The number of rotatable bonds is 1. The minimum Gasteiger partial charge on any atom is -0.469 e. The molecule has 0 heterocycles. The molecule has 12 heavy (non-hydrogen) atoms. The number of hydrogen-bond donors (Lipinski definition) is 1. The van der Waals surface area contributed by atoms with Gasteiger partial charge in [0.15, 0.2) is 0 Å². The molecule has 2 bridgehead atoms. The number of hydrogen-bond acceptors (Lipinski definition) is 3. The maximum Gasteiger partial charge on any atom is 0.310 e. The summed E-state index contributed by atoms with van der Waals surface area (Å²) in [5.74, 6) is 0.986. The van der Waals surface area contributed by atoms with Crippen LogP contribution in [0.4, 0.5) is 0 Å². The summed E-state index contributed by atoms with van der Waals surface area (Å²) in [6.45, 7) is 0. The zero-order chi connectivity index (χ0) is 8.72. The Bertz CT molecular complexity index is 203. The van der Waals surface area contributed by atoms with E-state index in [9.17, 15) is 4.79 Å². The largest absolute Gasteiger partial charge is 0.469 e. The standard InChI is InChI=1S/C9H15NO2/c1-12-9(11)7-5-2-3-6(4-5)8(7)10/h5-8H,2-4,10H2,1H3/t5-,6+,7+,8-/m0/s1. The van der Waals surface area contributed by atoms with Crippen molar-refractivity contribution in [3.8, 4) is 0 Å². The van der Waals surface area contributed by atoms with Crippen LogP contribution in [0.5, 0.6) is 0 Å². The van der Waals surface area contributed by atoms with Crippen molar-refractivity contribution >= 4 is 5.97 Å². The Kier molecular flexibility index (Phi) is 1.83. The fourth-order valence-corrected chi connectivity index (χ4v) is 2.82. The third kappa shape index (κ3) is 0.959. The first-order valence-corrected chi connectivity index (χ1v) is 4.57. The van der Waals surface area contributed by atoms with Crippen LogP contribution in [0.3, 0.4) is 0 Å². The summed E-state index contributed by atoms with van der Waals surface area (Å²) in [7, 11) is 1.45. The molecule has 2 N–H and O–H groups in total. The fourth-order valence-electron chi connectivity index (χ4n) is 2.82. The summed E-state index contributed by atoms with van der Waals surface area (Å²) in [5, 5.41) is 0. The molecule has 0 aromatic heterocycles. The molecule has 0 radical (unpaired) electrons. The monoisotopic (exact) mass is 169 g/mol. The van der Waals surface area contributed by atoms with Crippen molar-refractivity contribution in [1.82, 2.24) is 0 Å². The lowest BCUT2D eigenvalue weighted by Gasteiger charge is -2.25. The van der Waals surface area contributed by atoms with Crippen LogP contribution in [0.2, 0.25) is 0 Å². The van der Waals surface area contributed by atoms with Crippen LogP contribution in [0.15, 0.2) is 0 Å². The first-order valence-electron chi connectivity index (χ1n) is 4.57. The van der Waals surface area contributed by atoms with Gasteiger partial charge in [-0.1, -0.05) is 0 Å². The van der Waals surface area contributed by atoms with Gasteiger partial charge in [-0.2, -0.15) is 0 Å². The van der Waals surface area contributed by atoms with Gasteiger partial charge in [0.1, 0.15) is 0 Å². The van der Waals surface area contributed by atoms with Crippen LogP contribution < -0.4 is 5.73 Å². The van der Waals surface area contributed by atoms with Crippen LogP contribution in [0.1, 0.15) is 19.3 Å². The number of ether oxygens (including phenoxy) is 1. The Hall–Kier alpha value is -0.570. The van der Waals surface area contributed by atoms with Crippen molar-refractivity contribution in [2.24, 2.45) is 23.5 Å². The lowest BCUT2D eigenvalue weighted by Crippen LogP contribution is -2.40. The second-order valence-corrected chi connectivity index (χ2v) is 3.96. The highest BCUT2D eigenvalue weighted by atomic mass is 16.5. The van der Waals surface area contributed by atoms with Gasteiger partial charge in [-0.25, -0.2) is 0 Å². The molecule has 2 aliphatic rings. The van der Waals surface area contributed by atoms with E-state index in [1.54, 1.807) is 0 Å². The van der Waals surface area contributed by atoms with E-state index in [4.69, 9.17) is 10.5 Å². The molecule has 0 saturated heterocycles. The quantitative estimate of drug-likeness (QED) is 0.583. The molecule has 3 heteroatoms. The predicted octanol–water partition coefficient (Wildman–Crippen LogP) is 0.533. The van der Waals surface area contributed by atoms with E-state index in [0.717, 1.165) is 12.8 Å². The highest BCUT2D eigenvalue weighted by Gasteiger charge is 2.49. The first-order chi connectivity index (χ1) is 5.74. The molecule has 2 saturated carbocycles. The van der Waals surface area contributed by atoms with Crippen LogP contribution >= 0.6 is 0 Å². The average Bonchev–Trinajstić information content (AvgIpc) is 2.63. The van der Waals surface area contributed by atoms with Gasteiger partial charge in [0.05, 0.1) is 13.0 Å². The Morgan fingerprint density at radius 2 is 2.08 bits per heavy atom. The van der Waals surface area contributed by atoms with Gasteiger partial charge in [-0.3, -0.25) is 4.79 Å². The Morgan fingerprint density at radius 1 is 1.42 bits per heavy atom. The summed E-state index contributed by atoms with van der Waals surface area (Å²) < 4.78 is 4.74. The molecule has 3 nitrogen and oxygen atoms in total. The zero-order valence-electron chi connectivity index (χ0n) is 7.32. The molecule has 0 amide bonds. The minimum absolute atomic E-state index is 0.00579. The number of fused-ring (bicyclic) bond motifs is 2. The molecule has 0 aromatic carbocycles. The lowest BCUT2D eigenvalue weighted by molar-refractivity contribution is -0.147. The van der Waals surface area contributed by atoms with Gasteiger partial charge >= 0.3 is 5.97 Å². The summed E-state index contributed by atoms with van der Waals surface area (Å²) in [6, 6.07) is 0.0659. The zero-order valence-corrected chi connectivity index (χ0v) is 7.32. The molecule has 2 rings (SSSR count). The number of carbonyl (C=O) groups is 1. The van der Waals surface area contributed by atoms with Crippen LogP contribution in [0, 0.1) is 17.8 Å². The second-order valence-electron chi connectivity index (χ2n) is 3.96. The van der Waals surface area contributed by atoms with E-state index >= 15 is 0 Å². The van der Waals surface area contributed by atoms with Crippen LogP contribution in [0.25, 0.3) is 0 Å². The predicted molar refractivity (Wildman–Crippen MR) is 44.3 cm³/mol. The van der Waals surface area contributed by atoms with E-state index in [1.807, 2.05) is 0 Å². The Balaban J connectivity index is 2.12. The van der Waals surface area contributed by atoms with E-state index in [-0.39, 0.29) is 17.9 Å². The summed E-state index contributed by atoms with van der Waals surface area (Å²) >= 11 is 0. The van der Waals surface area contributed by atoms with E-state index in [1.165, 1.54) is 13.5 Å². The van der Waals surface area contributed by atoms with Crippen molar-refractivity contribution in [2.75, 3.05) is 7.11 Å². The maximum absolute atomic E-state index is 11.3. The molecule has 0 unspecified atom stereocenters. The van der Waals surface area contributed by atoms with E-state index in [2.05, 4.69) is 0 Å². The molecule has 0 aromatic rings. The van der Waals surface area contributed by atoms with Crippen molar-refractivity contribution in [2.45, 2.75) is 25.3 Å². The van der Waals surface area contributed by atoms with Gasteiger partial charge in [0, 0.05) is 6.04 Å². The van der Waals surface area contributed by atoms with Crippen molar-refractivity contribution in [3.05, 3.63) is 0 Å². The maximum atomic E-state index is 11.3. The average molecular weight is 169 g/mol. The van der Waals surface area contributed by atoms with Crippen molar-refractivity contribution in [3.63, 3.8) is 0 Å². The molecule has 2 fully saturated rings. The van der Waals surface area contributed by atoms with Gasteiger partial charge in [0.2, 0.25) is 0 Å². The van der Waals surface area contributed by atoms with Gasteiger partial charge in [-0.15, -0.1) is 0 Å².